The van der Waals surface area contributed by atoms with Crippen LogP contribution < -0.4 is 10.1 Å². The Morgan fingerprint density at radius 2 is 2.15 bits per heavy atom. The summed E-state index contributed by atoms with van der Waals surface area (Å²) in [5.41, 5.74) is 0.726. The molecule has 0 unspecified atom stereocenters. The number of methoxy groups -OCH3 is 1. The van der Waals surface area contributed by atoms with Crippen molar-refractivity contribution in [3.05, 3.63) is 37.6 Å². The normalized spacial score (nSPS) is 17.2. The quantitative estimate of drug-likeness (QED) is 0.276. The molecule has 0 spiro atoms. The maximum Gasteiger partial charge on any atom is 0.331 e. The number of thioether (sulfide) groups is 1. The van der Waals surface area contributed by atoms with Crippen LogP contribution in [0.15, 0.2) is 42.3 Å². The average molecular weight is 505 g/mol. The number of ether oxygens (including phenoxy) is 2. The van der Waals surface area contributed by atoms with Gasteiger partial charge in [0.1, 0.15) is 5.75 Å². The molecule has 1 saturated heterocycles. The van der Waals surface area contributed by atoms with Gasteiger partial charge in [-0.25, -0.2) is 4.79 Å². The van der Waals surface area contributed by atoms with Gasteiger partial charge in [-0.1, -0.05) is 22.9 Å². The summed E-state index contributed by atoms with van der Waals surface area (Å²) in [6.07, 6.45) is 3.51. The highest BCUT2D eigenvalue weighted by molar-refractivity contribution is 9.11. The van der Waals surface area contributed by atoms with E-state index in [1.165, 1.54) is 13.3 Å². The molecule has 1 amide bonds. The molecule has 26 heavy (non-hydrogen) atoms. The topological polar surface area (TPSA) is 89.4 Å². The Labute approximate surface area is 171 Å². The number of nitrogens with one attached hydrogen (secondary N) is 1. The van der Waals surface area contributed by atoms with E-state index in [9.17, 15) is 9.59 Å². The van der Waals surface area contributed by atoms with Gasteiger partial charge in [-0.2, -0.15) is 5.10 Å². The van der Waals surface area contributed by atoms with Crippen molar-refractivity contribution in [1.29, 1.82) is 0 Å². The fourth-order valence-corrected chi connectivity index (χ4v) is 3.93. The Morgan fingerprint density at radius 3 is 2.85 bits per heavy atom. The second-order valence-electron chi connectivity index (χ2n) is 4.89. The molecule has 2 rings (SSSR count). The number of halogens is 2. The zero-order chi connectivity index (χ0) is 19.1. The average Bonchev–Trinajstić information content (AvgIpc) is 2.93. The van der Waals surface area contributed by atoms with E-state index in [1.54, 1.807) is 0 Å². The molecule has 10 heteroatoms. The third-order valence-electron chi connectivity index (χ3n) is 2.93. The number of rotatable bonds is 6. The molecule has 1 aliphatic heterocycles. The Balaban J connectivity index is 2.18. The van der Waals surface area contributed by atoms with Gasteiger partial charge in [0.25, 0.3) is 5.91 Å². The summed E-state index contributed by atoms with van der Waals surface area (Å²) in [7, 11) is 1.24. The maximum absolute atomic E-state index is 11.8. The number of hydrogen-bond acceptors (Lipinski definition) is 7. The first-order valence-corrected chi connectivity index (χ1v) is 9.86. The third-order valence-corrected chi connectivity index (χ3v) is 4.88. The molecule has 138 valence electrons. The van der Waals surface area contributed by atoms with E-state index in [0.717, 1.165) is 38.8 Å². The number of carbonyl (C=O) groups is 2. The van der Waals surface area contributed by atoms with Gasteiger partial charge in [0.05, 0.1) is 29.3 Å². The van der Waals surface area contributed by atoms with Crippen LogP contribution in [0.5, 0.6) is 5.75 Å². The number of nitrogens with zero attached hydrogens (tertiary/aromatic N) is 2. The predicted molar refractivity (Wildman–Crippen MR) is 108 cm³/mol. The van der Waals surface area contributed by atoms with Crippen LogP contribution in [0.3, 0.4) is 0 Å². The maximum atomic E-state index is 11.8. The van der Waals surface area contributed by atoms with Gasteiger partial charge in [-0.15, -0.1) is 5.10 Å². The highest BCUT2D eigenvalue weighted by Gasteiger charge is 2.25. The summed E-state index contributed by atoms with van der Waals surface area (Å²) in [4.78, 5) is 23.2. The molecule has 1 N–H and O–H groups in total. The molecule has 0 radical (unpaired) electrons. The predicted octanol–water partition coefficient (Wildman–Crippen LogP) is 3.61. The zero-order valence-corrected chi connectivity index (χ0v) is 17.9. The fraction of sp³-hybridized carbons (Fsp3) is 0.250. The van der Waals surface area contributed by atoms with Crippen LogP contribution in [0.4, 0.5) is 0 Å². The van der Waals surface area contributed by atoms with Crippen LogP contribution in [0.25, 0.3) is 0 Å². The van der Waals surface area contributed by atoms with Gasteiger partial charge in [-0.05, 0) is 46.2 Å². The second kappa shape index (κ2) is 9.89. The highest BCUT2D eigenvalue weighted by Crippen LogP contribution is 2.32. The van der Waals surface area contributed by atoms with Crippen LogP contribution in [-0.2, 0) is 14.3 Å². The van der Waals surface area contributed by atoms with Crippen LogP contribution in [0.1, 0.15) is 18.9 Å². The van der Waals surface area contributed by atoms with Crippen molar-refractivity contribution in [2.75, 3.05) is 13.7 Å². The van der Waals surface area contributed by atoms with Crippen molar-refractivity contribution in [2.45, 2.75) is 13.3 Å². The molecular weight excluding hydrogens is 490 g/mol. The molecular formula is C16H15Br2N3O4S. The fourth-order valence-electron chi connectivity index (χ4n) is 1.82. The number of carbonyl (C=O) groups excluding carboxylic acids is 2. The number of amides is 1. The van der Waals surface area contributed by atoms with Crippen molar-refractivity contribution in [1.82, 2.24) is 5.32 Å². The Bertz CT molecular complexity index is 809. The van der Waals surface area contributed by atoms with Crippen LogP contribution in [0, 0.1) is 0 Å². The largest absolute Gasteiger partial charge is 0.492 e. The number of amidine groups is 1. The number of esters is 1. The lowest BCUT2D eigenvalue weighted by molar-refractivity contribution is -0.135. The van der Waals surface area contributed by atoms with E-state index >= 15 is 0 Å². The summed E-state index contributed by atoms with van der Waals surface area (Å²) < 4.78 is 11.9. The molecule has 1 aliphatic rings. The smallest absolute Gasteiger partial charge is 0.331 e. The first-order valence-electron chi connectivity index (χ1n) is 7.46. The van der Waals surface area contributed by atoms with Gasteiger partial charge in [0.15, 0.2) is 5.17 Å². The molecule has 0 saturated carbocycles. The van der Waals surface area contributed by atoms with Crippen molar-refractivity contribution in [3.63, 3.8) is 0 Å². The molecule has 1 heterocycles. The van der Waals surface area contributed by atoms with Gasteiger partial charge in [0, 0.05) is 16.1 Å². The van der Waals surface area contributed by atoms with Gasteiger partial charge in [-0.3, -0.25) is 10.1 Å². The van der Waals surface area contributed by atoms with Crippen molar-refractivity contribution < 1.29 is 19.1 Å². The molecule has 0 aromatic heterocycles. The molecule has 1 aromatic rings. The van der Waals surface area contributed by atoms with Crippen LogP contribution >= 0.6 is 43.6 Å². The molecule has 0 atom stereocenters. The summed E-state index contributed by atoms with van der Waals surface area (Å²) in [5, 5.41) is 10.8. The van der Waals surface area contributed by atoms with Crippen molar-refractivity contribution in [2.24, 2.45) is 10.2 Å². The minimum atomic E-state index is -0.607. The van der Waals surface area contributed by atoms with E-state index in [0.29, 0.717) is 12.4 Å². The first-order chi connectivity index (χ1) is 12.4. The van der Waals surface area contributed by atoms with Gasteiger partial charge in [0.2, 0.25) is 0 Å². The summed E-state index contributed by atoms with van der Waals surface area (Å²) in [6, 6.07) is 3.73. The monoisotopic (exact) mass is 503 g/mol. The summed E-state index contributed by atoms with van der Waals surface area (Å²) in [6.45, 7) is 2.59. The Morgan fingerprint density at radius 1 is 1.38 bits per heavy atom. The lowest BCUT2D eigenvalue weighted by atomic mass is 10.2. The second-order valence-corrected chi connectivity index (χ2v) is 7.69. The standard InChI is InChI=1S/C16H15Br2N3O4S/c1-3-4-25-14-9(5-10(17)6-11(14)18)8-19-21-16-20-15(23)12(26-16)7-13(22)24-2/h5-8H,3-4H2,1-2H3,(H,20,21,23)/b12-7+,19-8?. The Hall–Kier alpha value is -1.65. The lowest BCUT2D eigenvalue weighted by Gasteiger charge is -2.10. The number of benzene rings is 1. The van der Waals surface area contributed by atoms with E-state index in [-0.39, 0.29) is 10.1 Å². The molecule has 7 nitrogen and oxygen atoms in total. The third kappa shape index (κ3) is 5.68. The first kappa shape index (κ1) is 20.7. The minimum Gasteiger partial charge on any atom is -0.492 e. The van der Waals surface area contributed by atoms with Crippen molar-refractivity contribution in [3.8, 4) is 5.75 Å². The Kier molecular flexibility index (Phi) is 7.85. The minimum absolute atomic E-state index is 0.197. The molecule has 0 bridgehead atoms. The van der Waals surface area contributed by atoms with Crippen LogP contribution in [0.2, 0.25) is 0 Å². The summed E-state index contributed by atoms with van der Waals surface area (Å²) >= 11 is 7.90. The molecule has 1 fully saturated rings. The molecule has 0 aliphatic carbocycles. The highest BCUT2D eigenvalue weighted by atomic mass is 79.9. The van der Waals surface area contributed by atoms with E-state index in [2.05, 4.69) is 52.1 Å². The van der Waals surface area contributed by atoms with Crippen LogP contribution in [-0.4, -0.2) is 37.0 Å². The van der Waals surface area contributed by atoms with Gasteiger partial charge < -0.3 is 9.47 Å². The SMILES string of the molecule is CCCOc1c(Br)cc(Br)cc1C=N/N=C1/NC(=O)/C(=C\C(=O)OC)S1. The summed E-state index contributed by atoms with van der Waals surface area (Å²) in [5.74, 6) is -0.371. The van der Waals surface area contributed by atoms with Crippen molar-refractivity contribution >= 4 is 66.9 Å². The molecule has 1 aromatic carbocycles. The lowest BCUT2D eigenvalue weighted by Crippen LogP contribution is -2.19. The van der Waals surface area contributed by atoms with E-state index in [4.69, 9.17) is 4.74 Å². The number of hydrogen-bond donors (Lipinski definition) is 1. The zero-order valence-electron chi connectivity index (χ0n) is 13.9. The van der Waals surface area contributed by atoms with E-state index in [1.807, 2.05) is 19.1 Å². The van der Waals surface area contributed by atoms with Gasteiger partial charge >= 0.3 is 5.97 Å². The van der Waals surface area contributed by atoms with E-state index < -0.39 is 11.9 Å².